The number of anilines is 1. The number of nitrogens with one attached hydrogen (secondary N) is 2. The van der Waals surface area contributed by atoms with E-state index in [4.69, 9.17) is 14.2 Å². The minimum absolute atomic E-state index is 0.398. The Kier molecular flexibility index (Phi) is 7.80. The van der Waals surface area contributed by atoms with Crippen molar-refractivity contribution in [3.05, 3.63) is 53.6 Å². The van der Waals surface area contributed by atoms with Crippen molar-refractivity contribution in [2.45, 2.75) is 32.9 Å². The molecule has 0 heterocycles. The summed E-state index contributed by atoms with van der Waals surface area (Å²) in [7, 11) is 3.00. The van der Waals surface area contributed by atoms with Crippen LogP contribution in [0.2, 0.25) is 0 Å². The molecule has 30 heavy (non-hydrogen) atoms. The first kappa shape index (κ1) is 22.7. The summed E-state index contributed by atoms with van der Waals surface area (Å²) < 4.78 is 15.5. The predicted octanol–water partition coefficient (Wildman–Crippen LogP) is 2.70. The Labute approximate surface area is 175 Å². The van der Waals surface area contributed by atoms with Crippen LogP contribution in [-0.2, 0) is 14.3 Å². The van der Waals surface area contributed by atoms with E-state index in [2.05, 4.69) is 10.6 Å². The number of aryl methyl sites for hydroxylation is 1. The quantitative estimate of drug-likeness (QED) is 0.644. The minimum atomic E-state index is -1.07. The summed E-state index contributed by atoms with van der Waals surface area (Å²) in [5, 5.41) is 5.22. The number of amides is 2. The van der Waals surface area contributed by atoms with Crippen LogP contribution in [0.25, 0.3) is 0 Å². The van der Waals surface area contributed by atoms with Crippen LogP contribution in [0.5, 0.6) is 11.5 Å². The standard InChI is InChI=1S/C22H26N2O6/c1-13-7-6-8-16(11-13)21(26)23-14(2)22(27)30-15(3)20(25)24-17-9-10-18(28-4)19(12-17)29-5/h6-12,14-15H,1-5H3,(H,23,26)(H,24,25)/t14-,15+/m0/s1. The van der Waals surface area contributed by atoms with Crippen molar-refractivity contribution in [2.24, 2.45) is 0 Å². The van der Waals surface area contributed by atoms with Gasteiger partial charge >= 0.3 is 5.97 Å². The molecule has 2 amide bonds. The van der Waals surface area contributed by atoms with Crippen molar-refractivity contribution in [3.8, 4) is 11.5 Å². The first-order valence-electron chi connectivity index (χ1n) is 9.36. The lowest BCUT2D eigenvalue weighted by molar-refractivity contribution is -0.154. The number of benzene rings is 2. The highest BCUT2D eigenvalue weighted by Gasteiger charge is 2.24. The summed E-state index contributed by atoms with van der Waals surface area (Å²) in [4.78, 5) is 36.9. The second-order valence-corrected chi connectivity index (χ2v) is 6.70. The largest absolute Gasteiger partial charge is 0.493 e. The zero-order chi connectivity index (χ0) is 22.3. The van der Waals surface area contributed by atoms with Gasteiger partial charge in [-0.2, -0.15) is 0 Å². The van der Waals surface area contributed by atoms with E-state index in [1.165, 1.54) is 28.1 Å². The Bertz CT molecular complexity index is 928. The van der Waals surface area contributed by atoms with Gasteiger partial charge in [0.05, 0.1) is 14.2 Å². The lowest BCUT2D eigenvalue weighted by atomic mass is 10.1. The van der Waals surface area contributed by atoms with E-state index in [9.17, 15) is 14.4 Å². The molecule has 160 valence electrons. The van der Waals surface area contributed by atoms with Gasteiger partial charge in [-0.25, -0.2) is 4.79 Å². The Balaban J connectivity index is 1.92. The molecule has 0 radical (unpaired) electrons. The van der Waals surface area contributed by atoms with Gasteiger partial charge < -0.3 is 24.8 Å². The van der Waals surface area contributed by atoms with Crippen LogP contribution in [0, 0.1) is 6.92 Å². The average Bonchev–Trinajstić information content (AvgIpc) is 2.73. The molecule has 0 unspecified atom stereocenters. The number of carbonyl (C=O) groups excluding carboxylic acids is 3. The first-order valence-corrected chi connectivity index (χ1v) is 9.36. The molecule has 0 saturated carbocycles. The van der Waals surface area contributed by atoms with E-state index < -0.39 is 29.9 Å². The fraction of sp³-hybridized carbons (Fsp3) is 0.318. The molecule has 2 aromatic rings. The van der Waals surface area contributed by atoms with Gasteiger partial charge in [-0.3, -0.25) is 9.59 Å². The SMILES string of the molecule is COc1ccc(NC(=O)[C@@H](C)OC(=O)[C@H](C)NC(=O)c2cccc(C)c2)cc1OC. The molecular formula is C22H26N2O6. The van der Waals surface area contributed by atoms with Gasteiger partial charge in [-0.05, 0) is 45.0 Å². The minimum Gasteiger partial charge on any atom is -0.493 e. The zero-order valence-corrected chi connectivity index (χ0v) is 17.6. The normalized spacial score (nSPS) is 12.3. The highest BCUT2D eigenvalue weighted by atomic mass is 16.5. The van der Waals surface area contributed by atoms with Crippen molar-refractivity contribution in [1.82, 2.24) is 5.32 Å². The summed E-state index contributed by atoms with van der Waals surface area (Å²) in [6, 6.07) is 10.9. The second-order valence-electron chi connectivity index (χ2n) is 6.70. The van der Waals surface area contributed by atoms with Crippen molar-refractivity contribution in [1.29, 1.82) is 0 Å². The summed E-state index contributed by atoms with van der Waals surface area (Å²) in [6.07, 6.45) is -1.07. The van der Waals surface area contributed by atoms with E-state index in [0.29, 0.717) is 22.7 Å². The highest BCUT2D eigenvalue weighted by molar-refractivity contribution is 5.98. The Morgan fingerprint density at radius 2 is 1.63 bits per heavy atom. The zero-order valence-electron chi connectivity index (χ0n) is 17.6. The molecule has 2 N–H and O–H groups in total. The maximum Gasteiger partial charge on any atom is 0.329 e. The van der Waals surface area contributed by atoms with Crippen LogP contribution in [0.15, 0.2) is 42.5 Å². The highest BCUT2D eigenvalue weighted by Crippen LogP contribution is 2.29. The van der Waals surface area contributed by atoms with Crippen molar-refractivity contribution in [3.63, 3.8) is 0 Å². The molecule has 0 aliphatic rings. The molecule has 0 aromatic heterocycles. The fourth-order valence-corrected chi connectivity index (χ4v) is 2.61. The molecule has 2 aromatic carbocycles. The van der Waals surface area contributed by atoms with Crippen molar-refractivity contribution >= 4 is 23.5 Å². The van der Waals surface area contributed by atoms with Crippen LogP contribution in [0.3, 0.4) is 0 Å². The van der Waals surface area contributed by atoms with Gasteiger partial charge in [0, 0.05) is 17.3 Å². The number of hydrogen-bond acceptors (Lipinski definition) is 6. The number of carbonyl (C=O) groups is 3. The Hall–Kier alpha value is -3.55. The van der Waals surface area contributed by atoms with E-state index in [1.807, 2.05) is 13.0 Å². The molecule has 2 rings (SSSR count). The molecular weight excluding hydrogens is 388 g/mol. The second kappa shape index (κ2) is 10.3. The van der Waals surface area contributed by atoms with Crippen molar-refractivity contribution in [2.75, 3.05) is 19.5 Å². The van der Waals surface area contributed by atoms with Gasteiger partial charge in [-0.15, -0.1) is 0 Å². The lowest BCUT2D eigenvalue weighted by Crippen LogP contribution is -2.42. The number of rotatable bonds is 8. The summed E-state index contributed by atoms with van der Waals surface area (Å²) in [5.74, 6) is -0.662. The molecule has 0 fully saturated rings. The van der Waals surface area contributed by atoms with Crippen LogP contribution in [0.4, 0.5) is 5.69 Å². The molecule has 0 aliphatic carbocycles. The number of hydrogen-bond donors (Lipinski definition) is 2. The van der Waals surface area contributed by atoms with E-state index in [0.717, 1.165) is 5.56 Å². The van der Waals surface area contributed by atoms with Crippen LogP contribution in [-0.4, -0.2) is 44.1 Å². The topological polar surface area (TPSA) is 103 Å². The number of methoxy groups -OCH3 is 2. The number of esters is 1. The summed E-state index contributed by atoms with van der Waals surface area (Å²) >= 11 is 0. The molecule has 8 heteroatoms. The van der Waals surface area contributed by atoms with Gasteiger partial charge in [0.25, 0.3) is 11.8 Å². The molecule has 0 aliphatic heterocycles. The molecule has 0 saturated heterocycles. The Morgan fingerprint density at radius 1 is 0.933 bits per heavy atom. The average molecular weight is 414 g/mol. The third kappa shape index (κ3) is 5.97. The van der Waals surface area contributed by atoms with Gasteiger partial charge in [0.2, 0.25) is 0 Å². The predicted molar refractivity (Wildman–Crippen MR) is 112 cm³/mol. The number of ether oxygens (including phenoxy) is 3. The van der Waals surface area contributed by atoms with Gasteiger partial charge in [0.1, 0.15) is 6.04 Å². The van der Waals surface area contributed by atoms with E-state index >= 15 is 0 Å². The lowest BCUT2D eigenvalue weighted by Gasteiger charge is -2.18. The third-order valence-electron chi connectivity index (χ3n) is 4.29. The van der Waals surface area contributed by atoms with E-state index in [-0.39, 0.29) is 0 Å². The smallest absolute Gasteiger partial charge is 0.329 e. The third-order valence-corrected chi connectivity index (χ3v) is 4.29. The molecule has 0 spiro atoms. The van der Waals surface area contributed by atoms with Gasteiger partial charge in [0.15, 0.2) is 17.6 Å². The monoisotopic (exact) mass is 414 g/mol. The first-order chi connectivity index (χ1) is 14.2. The maximum absolute atomic E-state index is 12.4. The molecule has 2 atom stereocenters. The van der Waals surface area contributed by atoms with Crippen LogP contribution < -0.4 is 20.1 Å². The maximum atomic E-state index is 12.4. The molecule has 8 nitrogen and oxygen atoms in total. The summed E-state index contributed by atoms with van der Waals surface area (Å²) in [5.41, 5.74) is 1.83. The van der Waals surface area contributed by atoms with Crippen molar-refractivity contribution < 1.29 is 28.6 Å². The van der Waals surface area contributed by atoms with Gasteiger partial charge in [-0.1, -0.05) is 17.7 Å². The Morgan fingerprint density at radius 3 is 2.27 bits per heavy atom. The van der Waals surface area contributed by atoms with Crippen LogP contribution in [0.1, 0.15) is 29.8 Å². The molecule has 0 bridgehead atoms. The van der Waals surface area contributed by atoms with Crippen LogP contribution >= 0.6 is 0 Å². The van der Waals surface area contributed by atoms with E-state index in [1.54, 1.807) is 36.4 Å². The fourth-order valence-electron chi connectivity index (χ4n) is 2.61. The summed E-state index contributed by atoms with van der Waals surface area (Å²) in [6.45, 7) is 4.81.